The maximum Gasteiger partial charge on any atom is 0.416 e. The highest BCUT2D eigenvalue weighted by Crippen LogP contribution is 2.33. The molecule has 3 heterocycles. The van der Waals surface area contributed by atoms with E-state index in [9.17, 15) is 22.4 Å². The Bertz CT molecular complexity index is 1170. The van der Waals surface area contributed by atoms with Gasteiger partial charge in [-0.15, -0.1) is 0 Å². The van der Waals surface area contributed by atoms with Crippen molar-refractivity contribution in [3.05, 3.63) is 71.6 Å². The Morgan fingerprint density at radius 2 is 1.88 bits per heavy atom. The molecule has 7 nitrogen and oxygen atoms in total. The van der Waals surface area contributed by atoms with Crippen LogP contribution in [0, 0.1) is 5.82 Å². The van der Waals surface area contributed by atoms with Crippen LogP contribution in [0.4, 0.5) is 29.2 Å². The Hall–Kier alpha value is -3.76. The van der Waals surface area contributed by atoms with Crippen LogP contribution in [0.2, 0.25) is 0 Å². The zero-order valence-electron chi connectivity index (χ0n) is 17.4. The first kappa shape index (κ1) is 22.4. The monoisotopic (exact) mass is 461 g/mol. The summed E-state index contributed by atoms with van der Waals surface area (Å²) >= 11 is 0. The number of aryl methyl sites for hydroxylation is 1. The second-order valence-electron chi connectivity index (χ2n) is 7.40. The highest BCUT2D eigenvalue weighted by atomic mass is 19.4. The van der Waals surface area contributed by atoms with Crippen molar-refractivity contribution in [2.45, 2.75) is 25.6 Å². The van der Waals surface area contributed by atoms with Crippen LogP contribution < -0.4 is 15.0 Å². The quantitative estimate of drug-likeness (QED) is 0.557. The van der Waals surface area contributed by atoms with Gasteiger partial charge in [-0.25, -0.2) is 19.3 Å². The number of aromatic nitrogens is 3. The molecule has 1 aromatic carbocycles. The smallest absolute Gasteiger partial charge is 0.416 e. The first-order valence-corrected chi connectivity index (χ1v) is 10.1. The number of amides is 1. The number of rotatable bonds is 6. The van der Waals surface area contributed by atoms with Crippen LogP contribution >= 0.6 is 0 Å². The molecule has 33 heavy (non-hydrogen) atoms. The number of nitrogens with zero attached hydrogens (tertiary/aromatic N) is 4. The molecular weight excluding hydrogens is 442 g/mol. The number of carbonyl (C=O) groups excluding carboxylic acids is 1. The van der Waals surface area contributed by atoms with Crippen LogP contribution in [0.5, 0.6) is 5.75 Å². The second-order valence-corrected chi connectivity index (χ2v) is 7.40. The minimum atomic E-state index is -4.68. The lowest BCUT2D eigenvalue weighted by Gasteiger charge is -2.40. The Labute approximate surface area is 186 Å². The largest absolute Gasteiger partial charge is 0.487 e. The third kappa shape index (κ3) is 5.18. The summed E-state index contributed by atoms with van der Waals surface area (Å²) in [6.45, 7) is 2.46. The molecule has 0 bridgehead atoms. The summed E-state index contributed by atoms with van der Waals surface area (Å²) in [7, 11) is 0. The van der Waals surface area contributed by atoms with E-state index in [1.165, 1.54) is 12.4 Å². The van der Waals surface area contributed by atoms with Crippen LogP contribution in [-0.4, -0.2) is 40.1 Å². The van der Waals surface area contributed by atoms with E-state index in [0.29, 0.717) is 17.7 Å². The average molecular weight is 461 g/mol. The molecular formula is C22H19F4N5O2. The maximum absolute atomic E-state index is 13.6. The number of hydrogen-bond acceptors (Lipinski definition) is 6. The molecule has 0 aliphatic carbocycles. The summed E-state index contributed by atoms with van der Waals surface area (Å²) in [4.78, 5) is 26.9. The van der Waals surface area contributed by atoms with E-state index in [0.717, 1.165) is 24.1 Å². The Kier molecular flexibility index (Phi) is 6.12. The standard InChI is InChI=1S/C22H19F4N5O2/c1-2-13-3-4-27-18(7-13)30-21(32)19-20(29-6-5-28-19)31-11-17(12-31)33-16-9-14(22(24,25)26)8-15(23)10-16/h3-10,17H,2,11-12H2,1H3,(H,27,30,32). The summed E-state index contributed by atoms with van der Waals surface area (Å²) < 4.78 is 57.8. The van der Waals surface area contributed by atoms with Gasteiger partial charge >= 0.3 is 6.18 Å². The van der Waals surface area contributed by atoms with Gasteiger partial charge in [0, 0.05) is 24.7 Å². The van der Waals surface area contributed by atoms with Gasteiger partial charge in [-0.05, 0) is 36.2 Å². The van der Waals surface area contributed by atoms with Crippen LogP contribution in [0.15, 0.2) is 48.9 Å². The van der Waals surface area contributed by atoms with Crippen LogP contribution in [0.1, 0.15) is 28.5 Å². The summed E-state index contributed by atoms with van der Waals surface area (Å²) in [5.74, 6) is -1.07. The van der Waals surface area contributed by atoms with Crippen molar-refractivity contribution in [1.82, 2.24) is 15.0 Å². The summed E-state index contributed by atoms with van der Waals surface area (Å²) in [5, 5.41) is 2.70. The molecule has 172 valence electrons. The predicted molar refractivity (Wildman–Crippen MR) is 112 cm³/mol. The fraction of sp³-hybridized carbons (Fsp3) is 0.273. The first-order valence-electron chi connectivity index (χ1n) is 10.1. The molecule has 1 amide bonds. The zero-order chi connectivity index (χ0) is 23.6. The summed E-state index contributed by atoms with van der Waals surface area (Å²) in [6, 6.07) is 5.67. The second kappa shape index (κ2) is 9.00. The minimum absolute atomic E-state index is 0.0739. The van der Waals surface area contributed by atoms with Crippen molar-refractivity contribution in [3.63, 3.8) is 0 Å². The SMILES string of the molecule is CCc1ccnc(NC(=O)c2nccnc2N2CC(Oc3cc(F)cc(C(F)(F)F)c3)C2)c1. The number of anilines is 2. The highest BCUT2D eigenvalue weighted by Gasteiger charge is 2.35. The van der Waals surface area contributed by atoms with E-state index in [1.54, 1.807) is 17.2 Å². The highest BCUT2D eigenvalue weighted by molar-refractivity contribution is 6.05. The Morgan fingerprint density at radius 3 is 2.61 bits per heavy atom. The van der Waals surface area contributed by atoms with Gasteiger partial charge in [0.1, 0.15) is 23.5 Å². The van der Waals surface area contributed by atoms with Gasteiger partial charge in [-0.1, -0.05) is 6.92 Å². The molecule has 2 aromatic heterocycles. The van der Waals surface area contributed by atoms with Gasteiger partial charge in [-0.2, -0.15) is 13.2 Å². The van der Waals surface area contributed by atoms with Gasteiger partial charge in [-0.3, -0.25) is 4.79 Å². The number of nitrogens with one attached hydrogen (secondary N) is 1. The van der Waals surface area contributed by atoms with Gasteiger partial charge in [0.25, 0.3) is 5.91 Å². The van der Waals surface area contributed by atoms with Crippen LogP contribution in [0.3, 0.4) is 0 Å². The number of hydrogen-bond donors (Lipinski definition) is 1. The van der Waals surface area contributed by atoms with E-state index in [4.69, 9.17) is 4.74 Å². The molecule has 0 atom stereocenters. The summed E-state index contributed by atoms with van der Waals surface area (Å²) in [5.41, 5.74) is -0.0412. The Balaban J connectivity index is 1.43. The number of ether oxygens (including phenoxy) is 1. The van der Waals surface area contributed by atoms with Crippen molar-refractivity contribution >= 4 is 17.5 Å². The third-order valence-corrected chi connectivity index (χ3v) is 5.02. The van der Waals surface area contributed by atoms with Crippen LogP contribution in [-0.2, 0) is 12.6 Å². The molecule has 3 aromatic rings. The molecule has 11 heteroatoms. The van der Waals surface area contributed by atoms with Gasteiger partial charge in [0.05, 0.1) is 18.7 Å². The fourth-order valence-corrected chi connectivity index (χ4v) is 3.33. The number of carbonyl (C=O) groups is 1. The van der Waals surface area contributed by atoms with E-state index in [1.807, 2.05) is 13.0 Å². The molecule has 0 radical (unpaired) electrons. The Morgan fingerprint density at radius 1 is 1.12 bits per heavy atom. The van der Waals surface area contributed by atoms with Crippen molar-refractivity contribution in [2.24, 2.45) is 0 Å². The summed E-state index contributed by atoms with van der Waals surface area (Å²) in [6.07, 6.45) is 0.00599. The molecule has 1 N–H and O–H groups in total. The van der Waals surface area contributed by atoms with Gasteiger partial charge in [0.2, 0.25) is 0 Å². The molecule has 0 unspecified atom stereocenters. The molecule has 4 rings (SSSR count). The third-order valence-electron chi connectivity index (χ3n) is 5.02. The molecule has 1 saturated heterocycles. The molecule has 1 aliphatic heterocycles. The number of pyridine rings is 1. The topological polar surface area (TPSA) is 80.2 Å². The lowest BCUT2D eigenvalue weighted by atomic mass is 10.1. The van der Waals surface area contributed by atoms with E-state index < -0.39 is 29.6 Å². The average Bonchev–Trinajstić information content (AvgIpc) is 2.75. The van der Waals surface area contributed by atoms with E-state index >= 15 is 0 Å². The van der Waals surface area contributed by atoms with Crippen molar-refractivity contribution in [1.29, 1.82) is 0 Å². The van der Waals surface area contributed by atoms with E-state index in [-0.39, 0.29) is 24.5 Å². The van der Waals surface area contributed by atoms with E-state index in [2.05, 4.69) is 20.3 Å². The zero-order valence-corrected chi connectivity index (χ0v) is 17.4. The number of benzene rings is 1. The van der Waals surface area contributed by atoms with Crippen LogP contribution in [0.25, 0.3) is 0 Å². The maximum atomic E-state index is 13.6. The predicted octanol–water partition coefficient (Wildman–Crippen LogP) is 4.11. The van der Waals surface area contributed by atoms with Crippen molar-refractivity contribution in [2.75, 3.05) is 23.3 Å². The lowest BCUT2D eigenvalue weighted by molar-refractivity contribution is -0.137. The van der Waals surface area contributed by atoms with Crippen molar-refractivity contribution < 1.29 is 27.1 Å². The molecule has 0 spiro atoms. The number of halogens is 4. The van der Waals surface area contributed by atoms with Crippen molar-refractivity contribution in [3.8, 4) is 5.75 Å². The molecule has 1 aliphatic rings. The molecule has 0 saturated carbocycles. The minimum Gasteiger partial charge on any atom is -0.487 e. The van der Waals surface area contributed by atoms with Gasteiger partial charge in [0.15, 0.2) is 11.5 Å². The fourth-order valence-electron chi connectivity index (χ4n) is 3.33. The molecule has 1 fully saturated rings. The number of alkyl halides is 3. The normalized spacial score (nSPS) is 14.0. The lowest BCUT2D eigenvalue weighted by Crippen LogP contribution is -2.54. The first-order chi connectivity index (χ1) is 15.7. The van der Waals surface area contributed by atoms with Gasteiger partial charge < -0.3 is 15.0 Å².